The molecule has 1 rings (SSSR count). The van der Waals surface area contributed by atoms with Gasteiger partial charge in [0.2, 0.25) is 0 Å². The summed E-state index contributed by atoms with van der Waals surface area (Å²) in [5.74, 6) is 0. The molecule has 2 nitrogen and oxygen atoms in total. The number of alkyl halides is 3. The van der Waals surface area contributed by atoms with Crippen LogP contribution in [0.1, 0.15) is 32.4 Å². The Morgan fingerprint density at radius 2 is 1.83 bits per heavy atom. The van der Waals surface area contributed by atoms with Gasteiger partial charge in [-0.3, -0.25) is 4.90 Å². The zero-order valence-electron chi connectivity index (χ0n) is 10.8. The topological polar surface area (TPSA) is 29.3 Å². The summed E-state index contributed by atoms with van der Waals surface area (Å²) in [6, 6.07) is 6.48. The summed E-state index contributed by atoms with van der Waals surface area (Å²) in [4.78, 5) is 1.41. The monoisotopic (exact) mass is 260 g/mol. The van der Waals surface area contributed by atoms with Crippen LogP contribution in [-0.4, -0.2) is 23.7 Å². The third kappa shape index (κ3) is 4.22. The van der Waals surface area contributed by atoms with Crippen LogP contribution in [0.15, 0.2) is 24.3 Å². The van der Waals surface area contributed by atoms with Crippen LogP contribution in [0.5, 0.6) is 0 Å². The van der Waals surface area contributed by atoms with Crippen LogP contribution in [0, 0.1) is 0 Å². The molecule has 1 aromatic carbocycles. The Bertz CT molecular complexity index is 388. The fourth-order valence-corrected chi connectivity index (χ4v) is 1.98. The standard InChI is InChI=1S/C13H19F3N2/c1-9(2)18(8-13(14,15)16)10(3)11-5-4-6-12(17)7-11/h4-7,9-10H,8,17H2,1-3H3. The predicted molar refractivity (Wildman–Crippen MR) is 67.2 cm³/mol. The van der Waals surface area contributed by atoms with Crippen molar-refractivity contribution < 1.29 is 13.2 Å². The summed E-state index contributed by atoms with van der Waals surface area (Å²) in [5.41, 5.74) is 7.02. The number of hydrogen-bond donors (Lipinski definition) is 1. The highest BCUT2D eigenvalue weighted by Gasteiger charge is 2.34. The van der Waals surface area contributed by atoms with Gasteiger partial charge in [0.25, 0.3) is 0 Å². The van der Waals surface area contributed by atoms with Gasteiger partial charge in [-0.05, 0) is 38.5 Å². The fraction of sp³-hybridized carbons (Fsp3) is 0.538. The number of benzene rings is 1. The Labute approximate surface area is 106 Å². The van der Waals surface area contributed by atoms with Gasteiger partial charge in [-0.15, -0.1) is 0 Å². The van der Waals surface area contributed by atoms with Gasteiger partial charge in [0.15, 0.2) is 0 Å². The molecule has 0 amide bonds. The van der Waals surface area contributed by atoms with Crippen molar-refractivity contribution in [2.24, 2.45) is 0 Å². The highest BCUT2D eigenvalue weighted by Crippen LogP contribution is 2.28. The van der Waals surface area contributed by atoms with Crippen molar-refractivity contribution in [1.82, 2.24) is 4.90 Å². The highest BCUT2D eigenvalue weighted by atomic mass is 19.4. The molecule has 1 unspecified atom stereocenters. The Morgan fingerprint density at radius 1 is 1.22 bits per heavy atom. The Hall–Kier alpha value is -1.23. The third-order valence-corrected chi connectivity index (χ3v) is 2.92. The Kier molecular flexibility index (Phi) is 4.62. The molecule has 0 spiro atoms. The van der Waals surface area contributed by atoms with Crippen molar-refractivity contribution in [2.75, 3.05) is 12.3 Å². The zero-order valence-corrected chi connectivity index (χ0v) is 10.8. The highest BCUT2D eigenvalue weighted by molar-refractivity contribution is 5.41. The minimum atomic E-state index is -4.20. The molecule has 0 saturated carbocycles. The van der Waals surface area contributed by atoms with E-state index in [4.69, 9.17) is 5.73 Å². The summed E-state index contributed by atoms with van der Waals surface area (Å²) in [7, 11) is 0. The Morgan fingerprint density at radius 3 is 2.28 bits per heavy atom. The van der Waals surface area contributed by atoms with Gasteiger partial charge in [0.05, 0.1) is 6.54 Å². The summed E-state index contributed by atoms with van der Waals surface area (Å²) in [6.07, 6.45) is -4.20. The van der Waals surface area contributed by atoms with Crippen molar-refractivity contribution in [1.29, 1.82) is 0 Å². The van der Waals surface area contributed by atoms with E-state index in [1.807, 2.05) is 0 Å². The van der Waals surface area contributed by atoms with Crippen LogP contribution in [0.2, 0.25) is 0 Å². The molecule has 5 heteroatoms. The number of nitrogens with zero attached hydrogens (tertiary/aromatic N) is 1. The molecular formula is C13H19F3N2. The number of nitrogens with two attached hydrogens (primary N) is 1. The van der Waals surface area contributed by atoms with Gasteiger partial charge < -0.3 is 5.73 Å². The maximum absolute atomic E-state index is 12.6. The van der Waals surface area contributed by atoms with Crippen molar-refractivity contribution in [2.45, 2.75) is 39.0 Å². The van der Waals surface area contributed by atoms with Crippen LogP contribution >= 0.6 is 0 Å². The van der Waals surface area contributed by atoms with E-state index in [-0.39, 0.29) is 12.1 Å². The SMILES string of the molecule is CC(C)N(CC(F)(F)F)C(C)c1cccc(N)c1. The number of rotatable bonds is 4. The number of nitrogen functional groups attached to an aromatic ring is 1. The maximum Gasteiger partial charge on any atom is 0.401 e. The van der Waals surface area contributed by atoms with Gasteiger partial charge in [-0.25, -0.2) is 0 Å². The minimum absolute atomic E-state index is 0.192. The molecule has 102 valence electrons. The van der Waals surface area contributed by atoms with E-state index in [1.165, 1.54) is 4.90 Å². The minimum Gasteiger partial charge on any atom is -0.399 e. The Balaban J connectivity index is 2.92. The molecule has 0 radical (unpaired) electrons. The molecule has 2 N–H and O–H groups in total. The molecular weight excluding hydrogens is 241 g/mol. The number of hydrogen-bond acceptors (Lipinski definition) is 2. The average molecular weight is 260 g/mol. The summed E-state index contributed by atoms with van der Waals surface area (Å²) < 4.78 is 37.7. The molecule has 0 saturated heterocycles. The second-order valence-corrected chi connectivity index (χ2v) is 4.73. The lowest BCUT2D eigenvalue weighted by atomic mass is 10.0. The first kappa shape index (κ1) is 14.8. The molecule has 0 heterocycles. The lowest BCUT2D eigenvalue weighted by molar-refractivity contribution is -0.154. The quantitative estimate of drug-likeness (QED) is 0.838. The first-order chi connectivity index (χ1) is 8.20. The van der Waals surface area contributed by atoms with Gasteiger partial charge in [-0.2, -0.15) is 13.2 Å². The predicted octanol–water partition coefficient (Wildman–Crippen LogP) is 3.60. The molecule has 1 atom stereocenters. The molecule has 0 aliphatic heterocycles. The molecule has 0 fully saturated rings. The van der Waals surface area contributed by atoms with Crippen LogP contribution < -0.4 is 5.73 Å². The van der Waals surface area contributed by atoms with Crippen LogP contribution in [0.3, 0.4) is 0 Å². The molecule has 1 aromatic rings. The van der Waals surface area contributed by atoms with Crippen molar-refractivity contribution in [3.05, 3.63) is 29.8 Å². The first-order valence-corrected chi connectivity index (χ1v) is 5.88. The number of anilines is 1. The molecule has 0 aliphatic carbocycles. The van der Waals surface area contributed by atoms with Crippen molar-refractivity contribution in [3.8, 4) is 0 Å². The first-order valence-electron chi connectivity index (χ1n) is 5.88. The van der Waals surface area contributed by atoms with E-state index >= 15 is 0 Å². The van der Waals surface area contributed by atoms with Crippen molar-refractivity contribution >= 4 is 5.69 Å². The summed E-state index contributed by atoms with van der Waals surface area (Å²) in [6.45, 7) is 4.37. The average Bonchev–Trinajstić information content (AvgIpc) is 2.23. The largest absolute Gasteiger partial charge is 0.401 e. The second-order valence-electron chi connectivity index (χ2n) is 4.73. The maximum atomic E-state index is 12.6. The van der Waals surface area contributed by atoms with Crippen molar-refractivity contribution in [3.63, 3.8) is 0 Å². The summed E-state index contributed by atoms with van der Waals surface area (Å²) >= 11 is 0. The molecule has 0 aliphatic rings. The van der Waals surface area contributed by atoms with E-state index in [0.717, 1.165) is 5.56 Å². The van der Waals surface area contributed by atoms with Gasteiger partial charge in [0, 0.05) is 17.8 Å². The van der Waals surface area contributed by atoms with E-state index in [0.29, 0.717) is 5.69 Å². The third-order valence-electron chi connectivity index (χ3n) is 2.92. The zero-order chi connectivity index (χ0) is 13.9. The van der Waals surface area contributed by atoms with E-state index in [1.54, 1.807) is 45.0 Å². The lowest BCUT2D eigenvalue weighted by Crippen LogP contribution is -2.40. The van der Waals surface area contributed by atoms with Gasteiger partial charge in [0.1, 0.15) is 0 Å². The molecule has 0 aromatic heterocycles. The molecule has 18 heavy (non-hydrogen) atoms. The van der Waals surface area contributed by atoms with Crippen LogP contribution in [0.4, 0.5) is 18.9 Å². The lowest BCUT2D eigenvalue weighted by Gasteiger charge is -2.33. The smallest absolute Gasteiger partial charge is 0.399 e. The molecule has 0 bridgehead atoms. The number of halogens is 3. The summed E-state index contributed by atoms with van der Waals surface area (Å²) in [5, 5.41) is 0. The van der Waals surface area contributed by atoms with Crippen LogP contribution in [0.25, 0.3) is 0 Å². The van der Waals surface area contributed by atoms with E-state index in [9.17, 15) is 13.2 Å². The van der Waals surface area contributed by atoms with Crippen LogP contribution in [-0.2, 0) is 0 Å². The normalized spacial score (nSPS) is 14.2. The van der Waals surface area contributed by atoms with Gasteiger partial charge >= 0.3 is 6.18 Å². The fourth-order valence-electron chi connectivity index (χ4n) is 1.98. The van der Waals surface area contributed by atoms with E-state index < -0.39 is 12.7 Å². The van der Waals surface area contributed by atoms with Gasteiger partial charge in [-0.1, -0.05) is 12.1 Å². The van der Waals surface area contributed by atoms with E-state index in [2.05, 4.69) is 0 Å². The second kappa shape index (κ2) is 5.61.